The molecular formula is C19H27N3O2. The fourth-order valence-electron chi connectivity index (χ4n) is 4.76. The van der Waals surface area contributed by atoms with Crippen LogP contribution in [0.4, 0.5) is 5.82 Å². The van der Waals surface area contributed by atoms with Gasteiger partial charge in [0.1, 0.15) is 5.82 Å². The average molecular weight is 329 g/mol. The number of carbonyl (C=O) groups excluding carboxylic acids is 1. The number of rotatable bonds is 3. The number of nitroso groups, excluding NO2 is 1. The lowest BCUT2D eigenvalue weighted by Gasteiger charge is -2.40. The molecule has 1 saturated carbocycles. The molecule has 1 fully saturated rings. The summed E-state index contributed by atoms with van der Waals surface area (Å²) in [6.07, 6.45) is 8.96. The third-order valence-electron chi connectivity index (χ3n) is 5.44. The van der Waals surface area contributed by atoms with Crippen molar-refractivity contribution in [1.82, 2.24) is 4.98 Å². The third-order valence-corrected chi connectivity index (χ3v) is 5.44. The van der Waals surface area contributed by atoms with Crippen LogP contribution in [0.5, 0.6) is 0 Å². The number of anilines is 1. The first-order valence-electron chi connectivity index (χ1n) is 9.04. The van der Waals surface area contributed by atoms with Crippen LogP contribution in [0.1, 0.15) is 74.4 Å². The van der Waals surface area contributed by atoms with Gasteiger partial charge in [0.2, 0.25) is 0 Å². The Labute approximate surface area is 143 Å². The Bertz CT molecular complexity index is 654. The van der Waals surface area contributed by atoms with Crippen molar-refractivity contribution in [2.75, 3.05) is 5.32 Å². The molecule has 2 aliphatic rings. The lowest BCUT2D eigenvalue weighted by molar-refractivity contribution is 0.0999. The Morgan fingerprint density at radius 2 is 1.96 bits per heavy atom. The summed E-state index contributed by atoms with van der Waals surface area (Å²) in [5, 5.41) is 6.24. The SMILES string of the molecule is CC1CC(Nc2ncc(C(=O)N=O)c3c2CCCC3)CC(C)(C)C1. The van der Waals surface area contributed by atoms with E-state index >= 15 is 0 Å². The molecule has 1 amide bonds. The molecule has 5 heteroatoms. The molecule has 1 aromatic heterocycles. The summed E-state index contributed by atoms with van der Waals surface area (Å²) >= 11 is 0. The summed E-state index contributed by atoms with van der Waals surface area (Å²) in [7, 11) is 0. The smallest absolute Gasteiger partial charge is 0.318 e. The monoisotopic (exact) mass is 329 g/mol. The van der Waals surface area contributed by atoms with Crippen molar-refractivity contribution in [2.24, 2.45) is 16.5 Å². The Hall–Kier alpha value is -1.78. The third kappa shape index (κ3) is 3.50. The van der Waals surface area contributed by atoms with Gasteiger partial charge < -0.3 is 5.32 Å². The first kappa shape index (κ1) is 17.1. The average Bonchev–Trinajstić information content (AvgIpc) is 2.52. The van der Waals surface area contributed by atoms with Gasteiger partial charge in [0.25, 0.3) is 0 Å². The van der Waals surface area contributed by atoms with E-state index in [4.69, 9.17) is 0 Å². The standard InChI is InChI=1S/C19H27N3O2/c1-12-8-13(10-19(2,3)9-12)21-17-15-7-5-4-6-14(15)16(11-20-17)18(23)22-24/h11-13H,4-10H2,1-3H3,(H,20,21). The molecule has 1 heterocycles. The molecule has 2 aliphatic carbocycles. The van der Waals surface area contributed by atoms with Crippen LogP contribution < -0.4 is 5.32 Å². The van der Waals surface area contributed by atoms with Gasteiger partial charge in [-0.25, -0.2) is 4.98 Å². The number of aromatic nitrogens is 1. The summed E-state index contributed by atoms with van der Waals surface area (Å²) in [5.41, 5.74) is 2.83. The topological polar surface area (TPSA) is 71.4 Å². The molecule has 24 heavy (non-hydrogen) atoms. The predicted molar refractivity (Wildman–Crippen MR) is 95.2 cm³/mol. The van der Waals surface area contributed by atoms with Crippen molar-refractivity contribution in [2.45, 2.75) is 71.8 Å². The summed E-state index contributed by atoms with van der Waals surface area (Å²) in [5.74, 6) is 0.906. The van der Waals surface area contributed by atoms with E-state index in [1.165, 1.54) is 12.6 Å². The second kappa shape index (κ2) is 6.61. The van der Waals surface area contributed by atoms with E-state index in [1.54, 1.807) is 0 Å². The number of amides is 1. The van der Waals surface area contributed by atoms with E-state index in [2.05, 4.69) is 36.2 Å². The van der Waals surface area contributed by atoms with Crippen molar-refractivity contribution < 1.29 is 4.79 Å². The van der Waals surface area contributed by atoms with Crippen LogP contribution in [0.15, 0.2) is 11.4 Å². The summed E-state index contributed by atoms with van der Waals surface area (Å²) in [6, 6.07) is 0.410. The molecule has 2 unspecified atom stereocenters. The molecule has 0 spiro atoms. The molecule has 0 bridgehead atoms. The highest BCUT2D eigenvalue weighted by Gasteiger charge is 2.33. The minimum atomic E-state index is -0.695. The zero-order valence-corrected chi connectivity index (χ0v) is 14.9. The number of nitrogens with one attached hydrogen (secondary N) is 1. The van der Waals surface area contributed by atoms with Crippen LogP contribution >= 0.6 is 0 Å². The molecule has 2 atom stereocenters. The van der Waals surface area contributed by atoms with Crippen LogP contribution in [0.2, 0.25) is 0 Å². The molecule has 130 valence electrons. The largest absolute Gasteiger partial charge is 0.367 e. The molecule has 0 radical (unpaired) electrons. The van der Waals surface area contributed by atoms with Gasteiger partial charge in [-0.2, -0.15) is 0 Å². The fourth-order valence-corrected chi connectivity index (χ4v) is 4.76. The summed E-state index contributed by atoms with van der Waals surface area (Å²) in [6.45, 7) is 6.98. The molecule has 5 nitrogen and oxygen atoms in total. The summed E-state index contributed by atoms with van der Waals surface area (Å²) < 4.78 is 0. The Morgan fingerprint density at radius 1 is 1.25 bits per heavy atom. The van der Waals surface area contributed by atoms with Crippen LogP contribution in [-0.2, 0) is 12.8 Å². The molecular weight excluding hydrogens is 302 g/mol. The fraction of sp³-hybridized carbons (Fsp3) is 0.684. The van der Waals surface area contributed by atoms with Gasteiger partial charge in [0, 0.05) is 17.4 Å². The van der Waals surface area contributed by atoms with Gasteiger partial charge in [-0.05, 0) is 67.4 Å². The highest BCUT2D eigenvalue weighted by molar-refractivity contribution is 5.96. The number of pyridine rings is 1. The number of nitrogens with zero attached hydrogens (tertiary/aromatic N) is 2. The Balaban J connectivity index is 1.89. The Kier molecular flexibility index (Phi) is 4.70. The van der Waals surface area contributed by atoms with Gasteiger partial charge in [-0.3, -0.25) is 4.79 Å². The van der Waals surface area contributed by atoms with Crippen molar-refractivity contribution in [3.63, 3.8) is 0 Å². The maximum Gasteiger partial charge on any atom is 0.318 e. The van der Waals surface area contributed by atoms with E-state index in [9.17, 15) is 9.70 Å². The van der Waals surface area contributed by atoms with Crippen molar-refractivity contribution >= 4 is 11.7 Å². The van der Waals surface area contributed by atoms with Crippen molar-refractivity contribution in [3.8, 4) is 0 Å². The predicted octanol–water partition coefficient (Wildman–Crippen LogP) is 4.49. The second-order valence-corrected chi connectivity index (χ2v) is 8.34. The maximum absolute atomic E-state index is 11.8. The first-order valence-corrected chi connectivity index (χ1v) is 9.04. The first-order chi connectivity index (χ1) is 11.4. The molecule has 0 aliphatic heterocycles. The summed E-state index contributed by atoms with van der Waals surface area (Å²) in [4.78, 5) is 26.9. The zero-order valence-electron chi connectivity index (χ0n) is 14.9. The molecule has 1 aromatic rings. The van der Waals surface area contributed by atoms with E-state index in [0.717, 1.165) is 55.5 Å². The molecule has 0 aromatic carbocycles. The van der Waals surface area contributed by atoms with E-state index in [-0.39, 0.29) is 0 Å². The number of fused-ring (bicyclic) bond motifs is 1. The van der Waals surface area contributed by atoms with Crippen LogP contribution in [0.25, 0.3) is 0 Å². The molecule has 0 saturated heterocycles. The van der Waals surface area contributed by atoms with Gasteiger partial charge in [0.05, 0.1) is 5.56 Å². The number of hydrogen-bond acceptors (Lipinski definition) is 4. The minimum Gasteiger partial charge on any atom is -0.367 e. The van der Waals surface area contributed by atoms with Crippen LogP contribution in [0, 0.1) is 16.2 Å². The van der Waals surface area contributed by atoms with Gasteiger partial charge in [-0.1, -0.05) is 20.8 Å². The van der Waals surface area contributed by atoms with E-state index < -0.39 is 5.91 Å². The van der Waals surface area contributed by atoms with Crippen LogP contribution in [-0.4, -0.2) is 16.9 Å². The van der Waals surface area contributed by atoms with E-state index in [1.807, 2.05) is 0 Å². The quantitative estimate of drug-likeness (QED) is 0.829. The number of hydrogen-bond donors (Lipinski definition) is 1. The van der Waals surface area contributed by atoms with Gasteiger partial charge in [0.15, 0.2) is 0 Å². The van der Waals surface area contributed by atoms with Crippen molar-refractivity contribution in [3.05, 3.63) is 27.8 Å². The minimum absolute atomic E-state index is 0.340. The van der Waals surface area contributed by atoms with Crippen molar-refractivity contribution in [1.29, 1.82) is 0 Å². The van der Waals surface area contributed by atoms with Gasteiger partial charge >= 0.3 is 5.91 Å². The van der Waals surface area contributed by atoms with Gasteiger partial charge in [-0.15, -0.1) is 4.91 Å². The van der Waals surface area contributed by atoms with Crippen LogP contribution in [0.3, 0.4) is 0 Å². The highest BCUT2D eigenvalue weighted by atomic mass is 16.3. The molecule has 3 rings (SSSR count). The maximum atomic E-state index is 11.8. The molecule has 1 N–H and O–H groups in total. The lowest BCUT2D eigenvalue weighted by Crippen LogP contribution is -2.36. The Morgan fingerprint density at radius 3 is 2.62 bits per heavy atom. The second-order valence-electron chi connectivity index (χ2n) is 8.34. The zero-order chi connectivity index (χ0) is 17.3. The highest BCUT2D eigenvalue weighted by Crippen LogP contribution is 2.40. The number of carbonyl (C=O) groups is 1. The van der Waals surface area contributed by atoms with E-state index in [0.29, 0.717) is 22.9 Å². The normalized spacial score (nSPS) is 25.6. The lowest BCUT2D eigenvalue weighted by atomic mass is 9.70.